The molecule has 1 aromatic rings. The number of aliphatic hydroxyl groups is 1. The Morgan fingerprint density at radius 2 is 1.76 bits per heavy atom. The molecule has 0 aromatic heterocycles. The molecule has 1 aromatic carbocycles. The highest BCUT2D eigenvalue weighted by Gasteiger charge is 2.19. The van der Waals surface area contributed by atoms with Gasteiger partial charge >= 0.3 is 0 Å². The van der Waals surface area contributed by atoms with Crippen molar-refractivity contribution in [3.8, 4) is 0 Å². The third-order valence-corrected chi connectivity index (χ3v) is 5.00. The van der Waals surface area contributed by atoms with E-state index < -0.39 is 0 Å². The number of benzene rings is 1. The fraction of sp³-hybridized carbons (Fsp3) is 0.667. The van der Waals surface area contributed by atoms with Crippen molar-refractivity contribution in [1.82, 2.24) is 5.32 Å². The van der Waals surface area contributed by atoms with Crippen molar-refractivity contribution >= 4 is 5.69 Å². The van der Waals surface area contributed by atoms with Crippen molar-refractivity contribution < 1.29 is 5.11 Å². The average Bonchev–Trinajstić information content (AvgIpc) is 3.04. The van der Waals surface area contributed by atoms with Crippen LogP contribution in [0, 0.1) is 5.92 Å². The molecule has 3 nitrogen and oxygen atoms in total. The van der Waals surface area contributed by atoms with Crippen LogP contribution in [0.1, 0.15) is 44.1 Å². The second kappa shape index (κ2) is 7.28. The number of hydrogen-bond acceptors (Lipinski definition) is 3. The van der Waals surface area contributed by atoms with Crippen LogP contribution in [-0.2, 0) is 6.54 Å². The van der Waals surface area contributed by atoms with Gasteiger partial charge in [0.15, 0.2) is 0 Å². The number of aliphatic hydroxyl groups excluding tert-OH is 1. The molecule has 2 N–H and O–H groups in total. The molecule has 1 saturated heterocycles. The van der Waals surface area contributed by atoms with Gasteiger partial charge in [-0.05, 0) is 62.6 Å². The molecule has 0 unspecified atom stereocenters. The summed E-state index contributed by atoms with van der Waals surface area (Å²) in [5, 5.41) is 13.2. The molecular formula is C18H28N2O. The highest BCUT2D eigenvalue weighted by molar-refractivity contribution is 5.54. The molecule has 3 heteroatoms. The first kappa shape index (κ1) is 14.9. The van der Waals surface area contributed by atoms with E-state index in [2.05, 4.69) is 34.5 Å². The van der Waals surface area contributed by atoms with E-state index in [9.17, 15) is 5.11 Å². The quantitative estimate of drug-likeness (QED) is 0.874. The summed E-state index contributed by atoms with van der Waals surface area (Å²) in [5.41, 5.74) is 2.84. The van der Waals surface area contributed by atoms with Crippen molar-refractivity contribution in [1.29, 1.82) is 0 Å². The van der Waals surface area contributed by atoms with Gasteiger partial charge in [-0.1, -0.05) is 18.2 Å². The van der Waals surface area contributed by atoms with Crippen LogP contribution in [0.4, 0.5) is 5.69 Å². The fourth-order valence-corrected chi connectivity index (χ4v) is 3.69. The highest BCUT2D eigenvalue weighted by Crippen LogP contribution is 2.26. The average molecular weight is 288 g/mol. The van der Waals surface area contributed by atoms with Gasteiger partial charge in [-0.2, -0.15) is 0 Å². The first-order valence-electron chi connectivity index (χ1n) is 8.54. The number of para-hydroxylation sites is 1. The van der Waals surface area contributed by atoms with Crippen molar-refractivity contribution in [3.63, 3.8) is 0 Å². The van der Waals surface area contributed by atoms with Crippen LogP contribution in [0.2, 0.25) is 0 Å². The zero-order chi connectivity index (χ0) is 14.5. The Hall–Kier alpha value is -1.06. The third kappa shape index (κ3) is 3.98. The van der Waals surface area contributed by atoms with Gasteiger partial charge in [0.1, 0.15) is 0 Å². The van der Waals surface area contributed by atoms with E-state index >= 15 is 0 Å². The van der Waals surface area contributed by atoms with E-state index in [1.54, 1.807) is 0 Å². The smallest absolute Gasteiger partial charge is 0.0540 e. The number of nitrogens with zero attached hydrogens (tertiary/aromatic N) is 1. The topological polar surface area (TPSA) is 35.5 Å². The molecule has 0 bridgehead atoms. The number of nitrogens with one attached hydrogen (secondary N) is 1. The molecule has 1 saturated carbocycles. The lowest BCUT2D eigenvalue weighted by Crippen LogP contribution is -2.28. The van der Waals surface area contributed by atoms with Crippen LogP contribution in [0.3, 0.4) is 0 Å². The molecule has 0 atom stereocenters. The van der Waals surface area contributed by atoms with E-state index in [1.807, 2.05) is 0 Å². The molecule has 3 rings (SSSR count). The van der Waals surface area contributed by atoms with E-state index in [0.717, 1.165) is 31.8 Å². The Balaban J connectivity index is 1.51. The fourth-order valence-electron chi connectivity index (χ4n) is 3.69. The van der Waals surface area contributed by atoms with Crippen molar-refractivity contribution in [2.24, 2.45) is 5.92 Å². The van der Waals surface area contributed by atoms with Crippen LogP contribution < -0.4 is 10.2 Å². The Morgan fingerprint density at radius 1 is 1.05 bits per heavy atom. The summed E-state index contributed by atoms with van der Waals surface area (Å²) in [7, 11) is 0. The molecule has 0 amide bonds. The van der Waals surface area contributed by atoms with E-state index in [4.69, 9.17) is 0 Å². The molecule has 1 aliphatic heterocycles. The van der Waals surface area contributed by atoms with Crippen LogP contribution in [0.25, 0.3) is 0 Å². The van der Waals surface area contributed by atoms with Gasteiger partial charge in [-0.15, -0.1) is 0 Å². The van der Waals surface area contributed by atoms with Crippen LogP contribution in [-0.4, -0.2) is 30.8 Å². The molecule has 116 valence electrons. The van der Waals surface area contributed by atoms with Gasteiger partial charge in [0, 0.05) is 25.3 Å². The second-order valence-corrected chi connectivity index (χ2v) is 6.63. The maximum Gasteiger partial charge on any atom is 0.0540 e. The minimum atomic E-state index is -0.0443. The number of anilines is 1. The monoisotopic (exact) mass is 288 g/mol. The van der Waals surface area contributed by atoms with Crippen molar-refractivity contribution in [3.05, 3.63) is 29.8 Å². The molecule has 2 aliphatic rings. The van der Waals surface area contributed by atoms with Crippen molar-refractivity contribution in [2.45, 2.75) is 51.2 Å². The number of hydrogen-bond donors (Lipinski definition) is 2. The largest absolute Gasteiger partial charge is 0.393 e. The van der Waals surface area contributed by atoms with Gasteiger partial charge in [-0.25, -0.2) is 0 Å². The van der Waals surface area contributed by atoms with Gasteiger partial charge in [0.2, 0.25) is 0 Å². The number of rotatable bonds is 5. The molecular weight excluding hydrogens is 260 g/mol. The predicted octanol–water partition coefficient (Wildman–Crippen LogP) is 2.93. The lowest BCUT2D eigenvalue weighted by molar-refractivity contribution is 0.108. The maximum absolute atomic E-state index is 9.56. The Labute approximate surface area is 128 Å². The van der Waals surface area contributed by atoms with Crippen LogP contribution >= 0.6 is 0 Å². The first-order valence-corrected chi connectivity index (χ1v) is 8.54. The highest BCUT2D eigenvalue weighted by atomic mass is 16.3. The summed E-state index contributed by atoms with van der Waals surface area (Å²) in [6.45, 7) is 4.46. The molecule has 21 heavy (non-hydrogen) atoms. The van der Waals surface area contributed by atoms with E-state index in [1.165, 1.54) is 50.0 Å². The third-order valence-electron chi connectivity index (χ3n) is 5.00. The summed E-state index contributed by atoms with van der Waals surface area (Å²) < 4.78 is 0. The van der Waals surface area contributed by atoms with Gasteiger partial charge < -0.3 is 15.3 Å². The predicted molar refractivity (Wildman–Crippen MR) is 87.6 cm³/mol. The minimum absolute atomic E-state index is 0.0443. The maximum atomic E-state index is 9.56. The lowest BCUT2D eigenvalue weighted by atomic mass is 9.87. The van der Waals surface area contributed by atoms with Gasteiger partial charge in [0.05, 0.1) is 6.10 Å². The van der Waals surface area contributed by atoms with Crippen LogP contribution in [0.15, 0.2) is 24.3 Å². The standard InChI is InChI=1S/C18H28N2O/c21-17-9-7-15(8-10-17)13-19-14-16-5-1-2-6-18(16)20-11-3-4-12-20/h1-2,5-6,15,17,19,21H,3-4,7-14H2. The van der Waals surface area contributed by atoms with Gasteiger partial charge in [0.25, 0.3) is 0 Å². The normalized spacial score (nSPS) is 26.2. The molecule has 0 spiro atoms. The summed E-state index contributed by atoms with van der Waals surface area (Å²) in [6, 6.07) is 8.82. The zero-order valence-electron chi connectivity index (χ0n) is 12.9. The van der Waals surface area contributed by atoms with E-state index in [0.29, 0.717) is 0 Å². The minimum Gasteiger partial charge on any atom is -0.393 e. The summed E-state index contributed by atoms with van der Waals surface area (Å²) in [6.07, 6.45) is 6.91. The Kier molecular flexibility index (Phi) is 5.15. The summed E-state index contributed by atoms with van der Waals surface area (Å²) in [4.78, 5) is 2.52. The zero-order valence-corrected chi connectivity index (χ0v) is 12.9. The summed E-state index contributed by atoms with van der Waals surface area (Å²) in [5.74, 6) is 0.743. The summed E-state index contributed by atoms with van der Waals surface area (Å²) >= 11 is 0. The first-order chi connectivity index (χ1) is 10.3. The SMILES string of the molecule is OC1CCC(CNCc2ccccc2N2CCCC2)CC1. The lowest BCUT2D eigenvalue weighted by Gasteiger charge is -2.26. The van der Waals surface area contributed by atoms with Crippen molar-refractivity contribution in [2.75, 3.05) is 24.5 Å². The molecule has 1 heterocycles. The van der Waals surface area contributed by atoms with Gasteiger partial charge in [-0.3, -0.25) is 0 Å². The van der Waals surface area contributed by atoms with Crippen LogP contribution in [0.5, 0.6) is 0 Å². The second-order valence-electron chi connectivity index (χ2n) is 6.63. The Bertz CT molecular complexity index is 435. The van der Waals surface area contributed by atoms with E-state index in [-0.39, 0.29) is 6.10 Å². The molecule has 1 aliphatic carbocycles. The Morgan fingerprint density at radius 3 is 2.52 bits per heavy atom. The molecule has 0 radical (unpaired) electrons. The molecule has 2 fully saturated rings.